The van der Waals surface area contributed by atoms with E-state index in [1.807, 2.05) is 12.1 Å². The number of rotatable bonds is 1. The van der Waals surface area contributed by atoms with E-state index in [1.54, 1.807) is 0 Å². The second-order valence-corrected chi connectivity index (χ2v) is 8.73. The lowest BCUT2D eigenvalue weighted by molar-refractivity contribution is 0.425. The van der Waals surface area contributed by atoms with Gasteiger partial charge in [-0.1, -0.05) is 91.0 Å². The summed E-state index contributed by atoms with van der Waals surface area (Å²) in [6, 6.07) is 36.0. The number of hydrogen-bond acceptors (Lipinski definition) is 2. The summed E-state index contributed by atoms with van der Waals surface area (Å²) in [7, 11) is -1.55. The van der Waals surface area contributed by atoms with Gasteiger partial charge in [-0.15, -0.1) is 0 Å². The fourth-order valence-electron chi connectivity index (χ4n) is 6.13. The number of benzene rings is 5. The molecular weight excluding hydrogens is 391 g/mol. The van der Waals surface area contributed by atoms with Crippen molar-refractivity contribution in [2.24, 2.45) is 0 Å². The van der Waals surface area contributed by atoms with Crippen LogP contribution in [0.25, 0.3) is 33.0 Å². The lowest BCUT2D eigenvalue weighted by atomic mass is 9.64. The molecule has 1 spiro atoms. The lowest BCUT2D eigenvalue weighted by Gasteiger charge is -2.32. The Morgan fingerprint density at radius 1 is 0.500 bits per heavy atom. The highest BCUT2D eigenvalue weighted by Gasteiger charge is 2.53. The van der Waals surface area contributed by atoms with E-state index in [2.05, 4.69) is 91.0 Å². The lowest BCUT2D eigenvalue weighted by Crippen LogP contribution is -2.40. The summed E-state index contributed by atoms with van der Waals surface area (Å²) in [5.74, 6) is 0. The Bertz CT molecular complexity index is 1520. The Morgan fingerprint density at radius 3 is 1.72 bits per heavy atom. The summed E-state index contributed by atoms with van der Waals surface area (Å²) in [5.41, 5.74) is 9.21. The Hall–Kier alpha value is -3.66. The Morgan fingerprint density at radius 2 is 1.06 bits per heavy atom. The monoisotopic (exact) mass is 410 g/mol. The van der Waals surface area contributed by atoms with E-state index in [-0.39, 0.29) is 0 Å². The Kier molecular flexibility index (Phi) is 3.48. The molecule has 32 heavy (non-hydrogen) atoms. The minimum atomic E-state index is -1.55. The van der Waals surface area contributed by atoms with Gasteiger partial charge in [-0.2, -0.15) is 0 Å². The predicted octanol–water partition coefficient (Wildman–Crippen LogP) is 4.86. The highest BCUT2D eigenvalue weighted by molar-refractivity contribution is 6.59. The molecule has 7 rings (SSSR count). The molecule has 2 aliphatic carbocycles. The Labute approximate surface area is 186 Å². The van der Waals surface area contributed by atoms with Gasteiger partial charge in [0, 0.05) is 0 Å². The molecule has 0 aromatic heterocycles. The molecule has 0 fully saturated rings. The van der Waals surface area contributed by atoms with Crippen molar-refractivity contribution in [3.63, 3.8) is 0 Å². The van der Waals surface area contributed by atoms with Crippen LogP contribution in [0.5, 0.6) is 0 Å². The van der Waals surface area contributed by atoms with Gasteiger partial charge >= 0.3 is 7.12 Å². The molecule has 0 aliphatic heterocycles. The summed E-state index contributed by atoms with van der Waals surface area (Å²) >= 11 is 0. The maximum atomic E-state index is 10.5. The molecule has 0 unspecified atom stereocenters. The molecule has 0 radical (unpaired) electrons. The fraction of sp³-hybridized carbons (Fsp3) is 0.0345. The quantitative estimate of drug-likeness (QED) is 0.380. The molecule has 5 aromatic rings. The zero-order valence-electron chi connectivity index (χ0n) is 17.3. The maximum Gasteiger partial charge on any atom is 0.488 e. The van der Waals surface area contributed by atoms with Gasteiger partial charge in [-0.25, -0.2) is 0 Å². The topological polar surface area (TPSA) is 40.5 Å². The first kappa shape index (κ1) is 18.0. The highest BCUT2D eigenvalue weighted by Crippen LogP contribution is 2.62. The largest absolute Gasteiger partial charge is 0.488 e. The van der Waals surface area contributed by atoms with Crippen molar-refractivity contribution in [1.29, 1.82) is 0 Å². The molecule has 2 aliphatic rings. The van der Waals surface area contributed by atoms with Gasteiger partial charge in [0.15, 0.2) is 0 Å². The van der Waals surface area contributed by atoms with Crippen molar-refractivity contribution in [1.82, 2.24) is 0 Å². The van der Waals surface area contributed by atoms with Gasteiger partial charge in [0.05, 0.1) is 5.41 Å². The van der Waals surface area contributed by atoms with E-state index < -0.39 is 12.5 Å². The van der Waals surface area contributed by atoms with Crippen LogP contribution >= 0.6 is 0 Å². The smallest absolute Gasteiger partial charge is 0.423 e. The minimum Gasteiger partial charge on any atom is -0.423 e. The second-order valence-electron chi connectivity index (χ2n) is 8.73. The molecule has 0 saturated heterocycles. The predicted molar refractivity (Wildman–Crippen MR) is 130 cm³/mol. The van der Waals surface area contributed by atoms with E-state index in [0.717, 1.165) is 16.7 Å². The highest BCUT2D eigenvalue weighted by atomic mass is 16.4. The van der Waals surface area contributed by atoms with Crippen molar-refractivity contribution in [3.05, 3.63) is 125 Å². The molecular formula is C29H19BO2. The molecule has 2 nitrogen and oxygen atoms in total. The zero-order valence-corrected chi connectivity index (χ0v) is 17.3. The molecule has 150 valence electrons. The third-order valence-electron chi connectivity index (χ3n) is 7.28. The number of hydrogen-bond donors (Lipinski definition) is 2. The van der Waals surface area contributed by atoms with E-state index in [0.29, 0.717) is 5.46 Å². The standard InChI is InChI=1S/C29H19BO2/c31-30(32)27-15-7-12-22-23-16-18-8-1-2-9-19(18)17-26(23)29(28(22)27)24-13-5-3-10-20(24)21-11-4-6-14-25(21)29/h1-17,31-32H. The van der Waals surface area contributed by atoms with Gasteiger partial charge in [0.25, 0.3) is 0 Å². The van der Waals surface area contributed by atoms with E-state index in [9.17, 15) is 10.0 Å². The average Bonchev–Trinajstić information content (AvgIpc) is 3.29. The van der Waals surface area contributed by atoms with Crippen LogP contribution in [0.1, 0.15) is 22.3 Å². The van der Waals surface area contributed by atoms with E-state index >= 15 is 0 Å². The fourth-order valence-corrected chi connectivity index (χ4v) is 6.13. The third-order valence-corrected chi connectivity index (χ3v) is 7.28. The first-order valence-corrected chi connectivity index (χ1v) is 10.9. The molecule has 0 atom stereocenters. The zero-order chi connectivity index (χ0) is 21.4. The van der Waals surface area contributed by atoms with Crippen LogP contribution in [0.2, 0.25) is 0 Å². The summed E-state index contributed by atoms with van der Waals surface area (Å²) in [5, 5.41) is 23.3. The van der Waals surface area contributed by atoms with E-state index in [4.69, 9.17) is 0 Å². The molecule has 0 heterocycles. The van der Waals surface area contributed by atoms with Crippen molar-refractivity contribution < 1.29 is 10.0 Å². The van der Waals surface area contributed by atoms with Crippen LogP contribution in [-0.4, -0.2) is 17.2 Å². The average molecular weight is 410 g/mol. The maximum absolute atomic E-state index is 10.5. The van der Waals surface area contributed by atoms with Crippen LogP contribution in [0, 0.1) is 0 Å². The summed E-state index contributed by atoms with van der Waals surface area (Å²) < 4.78 is 0. The van der Waals surface area contributed by atoms with Gasteiger partial charge in [0.2, 0.25) is 0 Å². The van der Waals surface area contributed by atoms with Crippen molar-refractivity contribution in [2.45, 2.75) is 5.41 Å². The normalized spacial score (nSPS) is 14.2. The van der Waals surface area contributed by atoms with Crippen LogP contribution in [0.3, 0.4) is 0 Å². The van der Waals surface area contributed by atoms with Crippen LogP contribution in [0.4, 0.5) is 0 Å². The summed E-state index contributed by atoms with van der Waals surface area (Å²) in [6.45, 7) is 0. The first-order valence-electron chi connectivity index (χ1n) is 10.9. The second kappa shape index (κ2) is 6.20. The van der Waals surface area contributed by atoms with Crippen LogP contribution < -0.4 is 5.46 Å². The Balaban J connectivity index is 1.75. The summed E-state index contributed by atoms with van der Waals surface area (Å²) in [4.78, 5) is 0. The van der Waals surface area contributed by atoms with Gasteiger partial charge in [-0.05, 0) is 72.9 Å². The molecule has 0 bridgehead atoms. The van der Waals surface area contributed by atoms with Crippen molar-refractivity contribution >= 4 is 23.4 Å². The molecule has 0 amide bonds. The molecule has 5 aromatic carbocycles. The molecule has 3 heteroatoms. The first-order chi connectivity index (χ1) is 15.7. The molecule has 0 saturated carbocycles. The van der Waals surface area contributed by atoms with Crippen LogP contribution in [0.15, 0.2) is 103 Å². The summed E-state index contributed by atoms with van der Waals surface area (Å²) in [6.07, 6.45) is 0. The van der Waals surface area contributed by atoms with Gasteiger partial charge < -0.3 is 10.0 Å². The SMILES string of the molecule is OB(O)c1cccc2c1C1(c3ccccc3-c3ccccc31)c1cc3ccccc3cc1-2. The minimum absolute atomic E-state index is 0.564. The van der Waals surface area contributed by atoms with Crippen molar-refractivity contribution in [3.8, 4) is 22.3 Å². The van der Waals surface area contributed by atoms with Crippen molar-refractivity contribution in [2.75, 3.05) is 0 Å². The van der Waals surface area contributed by atoms with Gasteiger partial charge in [-0.3, -0.25) is 0 Å². The van der Waals surface area contributed by atoms with Crippen LogP contribution in [-0.2, 0) is 5.41 Å². The molecule has 2 N–H and O–H groups in total. The number of fused-ring (bicyclic) bond motifs is 11. The van der Waals surface area contributed by atoms with Gasteiger partial charge in [0.1, 0.15) is 0 Å². The third kappa shape index (κ3) is 2.03. The van der Waals surface area contributed by atoms with E-state index in [1.165, 1.54) is 38.6 Å².